The van der Waals surface area contributed by atoms with E-state index in [1.54, 1.807) is 19.1 Å². The van der Waals surface area contributed by atoms with Crippen LogP contribution in [0.4, 0.5) is 4.39 Å². The fourth-order valence-electron chi connectivity index (χ4n) is 2.20. The maximum absolute atomic E-state index is 13.1. The quantitative estimate of drug-likeness (QED) is 0.768. The van der Waals surface area contributed by atoms with E-state index in [-0.39, 0.29) is 24.3 Å². The standard InChI is InChI=1S/C16H17FN2O3/c1-10(7-11-3-2-4-13(17)8-11)16(20)21-9-14-18-15(22-19-14)12-5-6-12/h2-4,8,10,12H,5-7,9H2,1H3. The zero-order valence-corrected chi connectivity index (χ0v) is 12.3. The monoisotopic (exact) mass is 304 g/mol. The number of rotatable bonds is 6. The number of aromatic nitrogens is 2. The van der Waals surface area contributed by atoms with Gasteiger partial charge in [-0.05, 0) is 37.0 Å². The first kappa shape index (κ1) is 14.7. The van der Waals surface area contributed by atoms with Gasteiger partial charge in [-0.1, -0.05) is 24.2 Å². The van der Waals surface area contributed by atoms with E-state index in [4.69, 9.17) is 9.26 Å². The molecule has 1 fully saturated rings. The Kier molecular flexibility index (Phi) is 4.18. The summed E-state index contributed by atoms with van der Waals surface area (Å²) in [6.45, 7) is 1.75. The van der Waals surface area contributed by atoms with Crippen molar-refractivity contribution in [3.05, 3.63) is 47.4 Å². The number of carbonyl (C=O) groups excluding carboxylic acids is 1. The molecule has 0 N–H and O–H groups in total. The lowest BCUT2D eigenvalue weighted by Crippen LogP contribution is -2.17. The molecule has 0 spiro atoms. The van der Waals surface area contributed by atoms with Crippen molar-refractivity contribution in [3.8, 4) is 0 Å². The lowest BCUT2D eigenvalue weighted by atomic mass is 10.0. The topological polar surface area (TPSA) is 65.2 Å². The molecule has 0 bridgehead atoms. The molecule has 1 aromatic carbocycles. The van der Waals surface area contributed by atoms with Crippen LogP contribution in [0, 0.1) is 11.7 Å². The number of benzene rings is 1. The van der Waals surface area contributed by atoms with E-state index >= 15 is 0 Å². The second kappa shape index (κ2) is 6.25. The lowest BCUT2D eigenvalue weighted by Gasteiger charge is -2.10. The highest BCUT2D eigenvalue weighted by Gasteiger charge is 2.29. The molecule has 5 nitrogen and oxygen atoms in total. The van der Waals surface area contributed by atoms with Gasteiger partial charge in [-0.25, -0.2) is 4.39 Å². The van der Waals surface area contributed by atoms with Crippen LogP contribution >= 0.6 is 0 Å². The highest BCUT2D eigenvalue weighted by Crippen LogP contribution is 2.38. The Labute approximate surface area is 127 Å². The highest BCUT2D eigenvalue weighted by molar-refractivity contribution is 5.72. The molecular formula is C16H17FN2O3. The van der Waals surface area contributed by atoms with E-state index < -0.39 is 0 Å². The Morgan fingerprint density at radius 3 is 3.05 bits per heavy atom. The third kappa shape index (κ3) is 3.69. The summed E-state index contributed by atoms with van der Waals surface area (Å²) < 4.78 is 23.4. The molecule has 6 heteroatoms. The SMILES string of the molecule is CC(Cc1cccc(F)c1)C(=O)OCc1noc(C2CC2)n1. The van der Waals surface area contributed by atoms with Crippen molar-refractivity contribution in [1.82, 2.24) is 10.1 Å². The summed E-state index contributed by atoms with van der Waals surface area (Å²) in [5.74, 6) is 0.354. The summed E-state index contributed by atoms with van der Waals surface area (Å²) in [6.07, 6.45) is 2.58. The van der Waals surface area contributed by atoms with Gasteiger partial charge >= 0.3 is 5.97 Å². The first-order valence-electron chi connectivity index (χ1n) is 7.35. The van der Waals surface area contributed by atoms with Gasteiger partial charge in [-0.15, -0.1) is 0 Å². The molecule has 1 heterocycles. The lowest BCUT2D eigenvalue weighted by molar-refractivity contribution is -0.149. The van der Waals surface area contributed by atoms with Gasteiger partial charge in [0.15, 0.2) is 6.61 Å². The molecule has 1 saturated carbocycles. The van der Waals surface area contributed by atoms with E-state index in [9.17, 15) is 9.18 Å². The fourth-order valence-corrected chi connectivity index (χ4v) is 2.20. The minimum Gasteiger partial charge on any atom is -0.457 e. The number of halogens is 1. The van der Waals surface area contributed by atoms with E-state index in [1.807, 2.05) is 0 Å². The second-order valence-corrected chi connectivity index (χ2v) is 5.67. The van der Waals surface area contributed by atoms with Gasteiger partial charge in [0.05, 0.1) is 5.92 Å². The first-order valence-corrected chi connectivity index (χ1v) is 7.35. The summed E-state index contributed by atoms with van der Waals surface area (Å²) in [6, 6.07) is 6.21. The molecule has 0 amide bonds. The molecule has 2 aromatic rings. The minimum absolute atomic E-state index is 0.00252. The van der Waals surface area contributed by atoms with Gasteiger partial charge in [-0.3, -0.25) is 4.79 Å². The van der Waals surface area contributed by atoms with Gasteiger partial charge in [0.2, 0.25) is 11.7 Å². The highest BCUT2D eigenvalue weighted by atomic mass is 19.1. The summed E-state index contributed by atoms with van der Waals surface area (Å²) >= 11 is 0. The fraction of sp³-hybridized carbons (Fsp3) is 0.438. The summed E-state index contributed by atoms with van der Waals surface area (Å²) in [5, 5.41) is 3.79. The molecule has 1 unspecified atom stereocenters. The zero-order valence-electron chi connectivity index (χ0n) is 12.3. The van der Waals surface area contributed by atoms with Gasteiger partial charge in [-0.2, -0.15) is 4.98 Å². The van der Waals surface area contributed by atoms with Crippen molar-refractivity contribution < 1.29 is 18.4 Å². The summed E-state index contributed by atoms with van der Waals surface area (Å²) in [4.78, 5) is 16.2. The van der Waals surface area contributed by atoms with Gasteiger partial charge in [0, 0.05) is 5.92 Å². The van der Waals surface area contributed by atoms with Crippen LogP contribution < -0.4 is 0 Å². The molecule has 3 rings (SSSR count). The van der Waals surface area contributed by atoms with Crippen LogP contribution in [-0.2, 0) is 22.6 Å². The average Bonchev–Trinajstić information content (AvgIpc) is 3.24. The van der Waals surface area contributed by atoms with E-state index in [2.05, 4.69) is 10.1 Å². The maximum Gasteiger partial charge on any atom is 0.309 e. The van der Waals surface area contributed by atoms with Crippen LogP contribution in [0.25, 0.3) is 0 Å². The number of carbonyl (C=O) groups is 1. The summed E-state index contributed by atoms with van der Waals surface area (Å²) in [7, 11) is 0. The Hall–Kier alpha value is -2.24. The molecule has 0 aliphatic heterocycles. The molecule has 1 atom stereocenters. The third-order valence-electron chi connectivity index (χ3n) is 3.59. The van der Waals surface area contributed by atoms with Crippen molar-refractivity contribution in [3.63, 3.8) is 0 Å². The number of esters is 1. The molecule has 1 aliphatic carbocycles. The maximum atomic E-state index is 13.1. The van der Waals surface area contributed by atoms with Crippen LogP contribution in [0.1, 0.15) is 43.0 Å². The second-order valence-electron chi connectivity index (χ2n) is 5.67. The zero-order chi connectivity index (χ0) is 15.5. The Morgan fingerprint density at radius 2 is 2.32 bits per heavy atom. The molecule has 0 radical (unpaired) electrons. The normalized spacial score (nSPS) is 15.5. The van der Waals surface area contributed by atoms with Crippen LogP contribution in [-0.4, -0.2) is 16.1 Å². The van der Waals surface area contributed by atoms with Gasteiger partial charge in [0.25, 0.3) is 0 Å². The molecule has 0 saturated heterocycles. The molecular weight excluding hydrogens is 287 g/mol. The van der Waals surface area contributed by atoms with Gasteiger partial charge < -0.3 is 9.26 Å². The van der Waals surface area contributed by atoms with Crippen LogP contribution in [0.3, 0.4) is 0 Å². The van der Waals surface area contributed by atoms with E-state index in [0.29, 0.717) is 24.1 Å². The Morgan fingerprint density at radius 1 is 1.50 bits per heavy atom. The van der Waals surface area contributed by atoms with Crippen LogP contribution in [0.2, 0.25) is 0 Å². The van der Waals surface area contributed by atoms with E-state index in [1.165, 1.54) is 12.1 Å². The number of ether oxygens (including phenoxy) is 1. The molecule has 1 aliphatic rings. The largest absolute Gasteiger partial charge is 0.457 e. The summed E-state index contributed by atoms with van der Waals surface area (Å²) in [5.41, 5.74) is 0.764. The third-order valence-corrected chi connectivity index (χ3v) is 3.59. The van der Waals surface area contributed by atoms with Crippen LogP contribution in [0.5, 0.6) is 0 Å². The van der Waals surface area contributed by atoms with Crippen molar-refractivity contribution in [2.45, 2.75) is 38.7 Å². The van der Waals surface area contributed by atoms with Gasteiger partial charge in [0.1, 0.15) is 5.82 Å². The number of nitrogens with zero attached hydrogens (tertiary/aromatic N) is 2. The van der Waals surface area contributed by atoms with Crippen molar-refractivity contribution in [2.75, 3.05) is 0 Å². The minimum atomic E-state index is -0.364. The number of hydrogen-bond acceptors (Lipinski definition) is 5. The van der Waals surface area contributed by atoms with Crippen molar-refractivity contribution in [2.24, 2.45) is 5.92 Å². The van der Waals surface area contributed by atoms with Crippen molar-refractivity contribution in [1.29, 1.82) is 0 Å². The molecule has 116 valence electrons. The van der Waals surface area contributed by atoms with Crippen LogP contribution in [0.15, 0.2) is 28.8 Å². The first-order chi connectivity index (χ1) is 10.6. The predicted molar refractivity (Wildman–Crippen MR) is 75.3 cm³/mol. The average molecular weight is 304 g/mol. The van der Waals surface area contributed by atoms with E-state index in [0.717, 1.165) is 18.4 Å². The molecule has 22 heavy (non-hydrogen) atoms. The Bertz CT molecular complexity index is 667. The molecule has 1 aromatic heterocycles. The smallest absolute Gasteiger partial charge is 0.309 e. The van der Waals surface area contributed by atoms with Crippen molar-refractivity contribution >= 4 is 5.97 Å². The predicted octanol–water partition coefficient (Wildman–Crippen LogP) is 3.01. The number of hydrogen-bond donors (Lipinski definition) is 0. The Balaban J connectivity index is 1.49.